The summed E-state index contributed by atoms with van der Waals surface area (Å²) in [5, 5.41) is 3.14. The molecule has 0 saturated carbocycles. The van der Waals surface area contributed by atoms with Gasteiger partial charge in [0.1, 0.15) is 0 Å². The van der Waals surface area contributed by atoms with Crippen molar-refractivity contribution in [1.29, 1.82) is 0 Å². The molecule has 0 aromatic heterocycles. The summed E-state index contributed by atoms with van der Waals surface area (Å²) in [5.41, 5.74) is 6.40. The van der Waals surface area contributed by atoms with E-state index in [1.807, 2.05) is 19.1 Å². The Morgan fingerprint density at radius 2 is 1.53 bits per heavy atom. The van der Waals surface area contributed by atoms with Crippen molar-refractivity contribution in [2.24, 2.45) is 0 Å². The van der Waals surface area contributed by atoms with Crippen LogP contribution in [0.1, 0.15) is 82.5 Å². The summed E-state index contributed by atoms with van der Waals surface area (Å²) < 4.78 is 0. The molecule has 2 heterocycles. The van der Waals surface area contributed by atoms with Gasteiger partial charge in [0.05, 0.1) is 17.0 Å². The Labute approximate surface area is 223 Å². The van der Waals surface area contributed by atoms with Gasteiger partial charge in [-0.3, -0.25) is 24.2 Å². The van der Waals surface area contributed by atoms with Crippen molar-refractivity contribution >= 4 is 17.7 Å². The number of nitrogens with one attached hydrogen (secondary N) is 1. The molecule has 1 N–H and O–H groups in total. The van der Waals surface area contributed by atoms with Crippen LogP contribution in [-0.4, -0.2) is 53.2 Å². The third-order valence-corrected chi connectivity index (χ3v) is 8.32. The molecule has 0 radical (unpaired) electrons. The Hall–Kier alpha value is -3.77. The van der Waals surface area contributed by atoms with E-state index in [0.29, 0.717) is 24.1 Å². The number of hydrogen-bond donors (Lipinski definition) is 1. The standard InChI is InChI=1S/C32H33N3O3/c1-3-16-33-30(36)29-23-11-5-4-10-21(23)22-14-8-15-26(28(22)29)27(34-17-9-18-34)19-20(2)35-31(37)24-12-6-7-13-25(24)32(35)38/h4-8,10-15,20,27,29H,3,9,16-19H2,1-2H3,(H,33,36). The molecule has 6 nitrogen and oxygen atoms in total. The van der Waals surface area contributed by atoms with Crippen molar-refractivity contribution in [3.8, 4) is 11.1 Å². The number of amides is 3. The number of benzene rings is 3. The average molecular weight is 508 g/mol. The summed E-state index contributed by atoms with van der Waals surface area (Å²) in [4.78, 5) is 43.9. The van der Waals surface area contributed by atoms with Crippen LogP contribution in [0.2, 0.25) is 0 Å². The first kappa shape index (κ1) is 24.6. The number of nitrogens with zero attached hydrogens (tertiary/aromatic N) is 2. The molecule has 2 aliphatic heterocycles. The topological polar surface area (TPSA) is 69.7 Å². The lowest BCUT2D eigenvalue weighted by atomic mass is 9.85. The molecule has 3 aromatic rings. The van der Waals surface area contributed by atoms with Crippen LogP contribution in [0, 0.1) is 0 Å². The number of carbonyl (C=O) groups is 3. The summed E-state index contributed by atoms with van der Waals surface area (Å²) >= 11 is 0. The molecule has 194 valence electrons. The molecule has 0 spiro atoms. The monoisotopic (exact) mass is 507 g/mol. The lowest BCUT2D eigenvalue weighted by Crippen LogP contribution is -2.45. The maximum Gasteiger partial charge on any atom is 0.261 e. The SMILES string of the molecule is CCCNC(=O)C1c2ccccc2-c2cccc(C(CC(C)N3C(=O)c4ccccc4C3=O)N3CCC3)c21. The number of fused-ring (bicyclic) bond motifs is 4. The summed E-state index contributed by atoms with van der Waals surface area (Å²) in [6.07, 6.45) is 2.61. The van der Waals surface area contributed by atoms with E-state index < -0.39 is 0 Å². The average Bonchev–Trinajstić information content (AvgIpc) is 3.37. The Kier molecular flexibility index (Phi) is 6.36. The molecule has 38 heavy (non-hydrogen) atoms. The van der Waals surface area contributed by atoms with Gasteiger partial charge in [0, 0.05) is 18.6 Å². The van der Waals surface area contributed by atoms with E-state index in [4.69, 9.17) is 0 Å². The van der Waals surface area contributed by atoms with Gasteiger partial charge in [-0.1, -0.05) is 61.5 Å². The van der Waals surface area contributed by atoms with Crippen molar-refractivity contribution in [3.05, 3.63) is 94.5 Å². The highest BCUT2D eigenvalue weighted by Gasteiger charge is 2.42. The van der Waals surface area contributed by atoms with Crippen LogP contribution in [0.5, 0.6) is 0 Å². The zero-order chi connectivity index (χ0) is 26.4. The second kappa shape index (κ2) is 9.84. The van der Waals surface area contributed by atoms with Crippen molar-refractivity contribution in [2.75, 3.05) is 19.6 Å². The van der Waals surface area contributed by atoms with Gasteiger partial charge < -0.3 is 5.32 Å². The largest absolute Gasteiger partial charge is 0.355 e. The van der Waals surface area contributed by atoms with Gasteiger partial charge in [-0.2, -0.15) is 0 Å². The molecule has 3 aromatic carbocycles. The van der Waals surface area contributed by atoms with Crippen LogP contribution >= 0.6 is 0 Å². The Morgan fingerprint density at radius 1 is 0.895 bits per heavy atom. The van der Waals surface area contributed by atoms with Crippen molar-refractivity contribution in [3.63, 3.8) is 0 Å². The Bertz CT molecular complexity index is 1390. The van der Waals surface area contributed by atoms with Crippen LogP contribution in [-0.2, 0) is 4.79 Å². The Morgan fingerprint density at radius 3 is 2.16 bits per heavy atom. The van der Waals surface area contributed by atoms with Gasteiger partial charge >= 0.3 is 0 Å². The van der Waals surface area contributed by atoms with Crippen molar-refractivity contribution in [1.82, 2.24) is 15.1 Å². The summed E-state index contributed by atoms with van der Waals surface area (Å²) in [5.74, 6) is -0.783. The highest BCUT2D eigenvalue weighted by molar-refractivity contribution is 6.21. The van der Waals surface area contributed by atoms with Gasteiger partial charge in [-0.05, 0) is 79.2 Å². The molecule has 3 atom stereocenters. The molecule has 0 bridgehead atoms. The van der Waals surface area contributed by atoms with Crippen molar-refractivity contribution < 1.29 is 14.4 Å². The van der Waals surface area contributed by atoms with E-state index in [1.54, 1.807) is 24.3 Å². The fraction of sp³-hybridized carbons (Fsp3) is 0.344. The van der Waals surface area contributed by atoms with E-state index in [9.17, 15) is 14.4 Å². The van der Waals surface area contributed by atoms with Crippen molar-refractivity contribution in [2.45, 2.75) is 51.1 Å². The maximum absolute atomic E-state index is 13.6. The zero-order valence-electron chi connectivity index (χ0n) is 21.9. The molecule has 3 unspecified atom stereocenters. The molecule has 1 aliphatic carbocycles. The second-order valence-corrected chi connectivity index (χ2v) is 10.6. The minimum atomic E-state index is -0.373. The zero-order valence-corrected chi connectivity index (χ0v) is 21.9. The highest BCUT2D eigenvalue weighted by atomic mass is 16.2. The minimum absolute atomic E-state index is 0.00574. The predicted octanol–water partition coefficient (Wildman–Crippen LogP) is 5.15. The molecule has 6 heteroatoms. The number of hydrogen-bond acceptors (Lipinski definition) is 4. The molecule has 6 rings (SSSR count). The van der Waals surface area contributed by atoms with E-state index >= 15 is 0 Å². The molecule has 3 amide bonds. The predicted molar refractivity (Wildman–Crippen MR) is 147 cm³/mol. The number of carbonyl (C=O) groups excluding carboxylic acids is 3. The third kappa shape index (κ3) is 3.86. The highest BCUT2D eigenvalue weighted by Crippen LogP contribution is 2.49. The lowest BCUT2D eigenvalue weighted by molar-refractivity contribution is -0.121. The van der Waals surface area contributed by atoms with E-state index in [2.05, 4.69) is 47.5 Å². The van der Waals surface area contributed by atoms with Gasteiger partial charge in [-0.25, -0.2) is 0 Å². The summed E-state index contributed by atoms with van der Waals surface area (Å²) in [6, 6.07) is 21.3. The number of likely N-dealkylation sites (tertiary alicyclic amines) is 1. The van der Waals surface area contributed by atoms with Crippen LogP contribution in [0.25, 0.3) is 11.1 Å². The van der Waals surface area contributed by atoms with Gasteiger partial charge in [0.15, 0.2) is 0 Å². The fourth-order valence-electron chi connectivity index (χ4n) is 6.36. The van der Waals surface area contributed by atoms with Gasteiger partial charge in [-0.15, -0.1) is 0 Å². The second-order valence-electron chi connectivity index (χ2n) is 10.6. The molecule has 1 saturated heterocycles. The minimum Gasteiger partial charge on any atom is -0.355 e. The molecule has 3 aliphatic rings. The van der Waals surface area contributed by atoms with Gasteiger partial charge in [0.25, 0.3) is 11.8 Å². The first-order valence-corrected chi connectivity index (χ1v) is 13.7. The summed E-state index contributed by atoms with van der Waals surface area (Å²) in [6.45, 7) is 6.59. The van der Waals surface area contributed by atoms with E-state index in [0.717, 1.165) is 53.7 Å². The van der Waals surface area contributed by atoms with Crippen LogP contribution < -0.4 is 5.32 Å². The first-order chi connectivity index (χ1) is 18.5. The molecular formula is C32H33N3O3. The first-order valence-electron chi connectivity index (χ1n) is 13.7. The lowest BCUT2D eigenvalue weighted by Gasteiger charge is -2.41. The number of rotatable bonds is 8. The molecule has 1 fully saturated rings. The van der Waals surface area contributed by atoms with Crippen LogP contribution in [0.15, 0.2) is 66.7 Å². The van der Waals surface area contributed by atoms with Gasteiger partial charge in [0.2, 0.25) is 5.91 Å². The van der Waals surface area contributed by atoms with E-state index in [1.165, 1.54) is 4.90 Å². The number of imide groups is 1. The fourth-order valence-corrected chi connectivity index (χ4v) is 6.36. The third-order valence-electron chi connectivity index (χ3n) is 8.32. The van der Waals surface area contributed by atoms with E-state index in [-0.39, 0.29) is 35.7 Å². The maximum atomic E-state index is 13.6. The Balaban J connectivity index is 1.39. The van der Waals surface area contributed by atoms with Crippen LogP contribution in [0.3, 0.4) is 0 Å². The smallest absolute Gasteiger partial charge is 0.261 e. The quantitative estimate of drug-likeness (QED) is 0.429. The normalized spacial score (nSPS) is 19.4. The summed E-state index contributed by atoms with van der Waals surface area (Å²) in [7, 11) is 0. The van der Waals surface area contributed by atoms with Crippen LogP contribution in [0.4, 0.5) is 0 Å². The molecular weight excluding hydrogens is 474 g/mol.